The minimum Gasteiger partial charge on any atom is -0.472 e. The molecule has 2 aromatic heterocycles. The molecule has 2 aliphatic rings. The molecule has 0 bridgehead atoms. The van der Waals surface area contributed by atoms with Crippen molar-refractivity contribution in [3.63, 3.8) is 0 Å². The van der Waals surface area contributed by atoms with Crippen LogP contribution >= 0.6 is 23.2 Å². The minimum absolute atomic E-state index is 0. The maximum Gasteiger partial charge on any atom is 0.293 e. The Morgan fingerprint density at radius 1 is 0.571 bits per heavy atom. The molecule has 6 aromatic carbocycles. The third-order valence-corrected chi connectivity index (χ3v) is 11.7. The van der Waals surface area contributed by atoms with Crippen LogP contribution in [0.5, 0.6) is 11.8 Å². The summed E-state index contributed by atoms with van der Waals surface area (Å²) in [6.45, 7) is 2.93. The quantitative estimate of drug-likeness (QED) is 0.0653. The van der Waals surface area contributed by atoms with Gasteiger partial charge in [0.2, 0.25) is 11.8 Å². The van der Waals surface area contributed by atoms with Crippen LogP contribution in [-0.4, -0.2) is 53.3 Å². The van der Waals surface area contributed by atoms with Crippen molar-refractivity contribution >= 4 is 67.8 Å². The largest absolute Gasteiger partial charge is 0.472 e. The van der Waals surface area contributed by atoms with Crippen molar-refractivity contribution in [2.45, 2.75) is 25.0 Å². The number of fused-ring (bicyclic) bond motifs is 2. The number of nitrogen functional groups attached to an aromatic ring is 1. The fourth-order valence-electron chi connectivity index (χ4n) is 8.11. The molecule has 0 spiro atoms. The fourth-order valence-corrected chi connectivity index (χ4v) is 8.48. The Hall–Kier alpha value is -6.36. The van der Waals surface area contributed by atoms with Crippen molar-refractivity contribution in [1.82, 2.24) is 9.97 Å². The number of nitro benzene ring substituents is 1. The Bertz CT molecular complexity index is 2890. The number of ether oxygens (including phenoxy) is 2. The van der Waals surface area contributed by atoms with E-state index in [-0.39, 0.29) is 39.9 Å². The molecule has 2 aliphatic heterocycles. The van der Waals surface area contributed by atoms with Gasteiger partial charge >= 0.3 is 0 Å². The molecule has 318 valence electrons. The number of pyridine rings is 2. The predicted octanol–water partition coefficient (Wildman–Crippen LogP) is 11.9. The van der Waals surface area contributed by atoms with Crippen molar-refractivity contribution in [2.75, 3.05) is 41.7 Å². The van der Waals surface area contributed by atoms with Crippen LogP contribution in [-0.2, 0) is 17.1 Å². The first-order valence-electron chi connectivity index (χ1n) is 20.5. The maximum absolute atomic E-state index is 11.8. The van der Waals surface area contributed by atoms with E-state index < -0.39 is 0 Å². The average molecular weight is 918 g/mol. The number of hydrogen-bond donors (Lipinski definition) is 1. The Morgan fingerprint density at radius 2 is 1.05 bits per heavy atom. The van der Waals surface area contributed by atoms with E-state index in [0.717, 1.165) is 75.8 Å². The van der Waals surface area contributed by atoms with Crippen LogP contribution in [0.25, 0.3) is 44.1 Å². The number of nitrogens with two attached hydrogens (primary N) is 1. The molecule has 0 radical (unpaired) electrons. The van der Waals surface area contributed by atoms with Gasteiger partial charge in [-0.1, -0.05) is 96.0 Å². The molecule has 0 amide bonds. The Labute approximate surface area is 385 Å². The summed E-state index contributed by atoms with van der Waals surface area (Å²) >= 11 is 12.1. The first-order valence-corrected chi connectivity index (χ1v) is 21.2. The molecule has 0 unspecified atom stereocenters. The van der Waals surface area contributed by atoms with Crippen molar-refractivity contribution in [1.29, 1.82) is 0 Å². The van der Waals surface area contributed by atoms with Gasteiger partial charge < -0.3 is 25.0 Å². The molecule has 10 rings (SSSR count). The zero-order valence-corrected chi connectivity index (χ0v) is 36.6. The molecule has 2 atom stereocenters. The Kier molecular flexibility index (Phi) is 13.3. The molecule has 0 saturated carbocycles. The third kappa shape index (κ3) is 10.1. The number of rotatable bonds is 9. The van der Waals surface area contributed by atoms with E-state index in [0.29, 0.717) is 40.6 Å². The van der Waals surface area contributed by atoms with E-state index in [1.807, 2.05) is 120 Å². The van der Waals surface area contributed by atoms with Gasteiger partial charge in [0.25, 0.3) is 5.69 Å². The molecule has 4 heterocycles. The van der Waals surface area contributed by atoms with Gasteiger partial charge in [0.05, 0.1) is 40.4 Å². The second kappa shape index (κ2) is 19.4. The summed E-state index contributed by atoms with van der Waals surface area (Å²) in [5.41, 5.74) is 14.7. The van der Waals surface area contributed by atoms with E-state index in [4.69, 9.17) is 38.4 Å². The van der Waals surface area contributed by atoms with Gasteiger partial charge in [0.15, 0.2) is 0 Å². The minimum atomic E-state index is -0.314. The van der Waals surface area contributed by atoms with E-state index in [9.17, 15) is 10.1 Å². The molecule has 2 fully saturated rings. The first kappa shape index (κ1) is 43.3. The van der Waals surface area contributed by atoms with Gasteiger partial charge in [0, 0.05) is 82.0 Å². The van der Waals surface area contributed by atoms with E-state index in [1.54, 1.807) is 12.1 Å². The number of aromatic nitrogens is 2. The van der Waals surface area contributed by atoms with Gasteiger partial charge in [-0.2, -0.15) is 0 Å². The number of benzene rings is 6. The smallest absolute Gasteiger partial charge is 0.293 e. The van der Waals surface area contributed by atoms with Crippen LogP contribution in [0.15, 0.2) is 158 Å². The molecule has 10 nitrogen and oxygen atoms in total. The molecule has 2 saturated heterocycles. The number of nitrogens with zero attached hydrogens (tertiary/aromatic N) is 5. The van der Waals surface area contributed by atoms with Crippen molar-refractivity contribution in [2.24, 2.45) is 0 Å². The number of nitro groups is 1. The Balaban J connectivity index is 0.000000170. The predicted molar refractivity (Wildman–Crippen MR) is 251 cm³/mol. The molecular formula is C50H42Cl2FeN6O4. The van der Waals surface area contributed by atoms with Crippen LogP contribution in [0, 0.1) is 10.1 Å². The first-order chi connectivity index (χ1) is 30.2. The van der Waals surface area contributed by atoms with Crippen LogP contribution < -0.4 is 25.0 Å². The van der Waals surface area contributed by atoms with Crippen molar-refractivity contribution in [3.05, 3.63) is 178 Å². The SMILES string of the molecule is Nc1cc(-c2ccccc2)ccc1N1CC[C@H](Oc2ccc3cc(Cl)ccc3n2)C1.O=[N+]([O-])c1cc(-c2ccccc2)ccc1N1CC[C@H](Oc2ccc3cc(Cl)ccc3n2)C1.[Fe]. The summed E-state index contributed by atoms with van der Waals surface area (Å²) < 4.78 is 12.3. The van der Waals surface area contributed by atoms with Gasteiger partial charge in [-0.3, -0.25) is 10.1 Å². The number of hydrogen-bond acceptors (Lipinski definition) is 9. The summed E-state index contributed by atoms with van der Waals surface area (Å²) in [5, 5.41) is 15.1. The average Bonchev–Trinajstić information content (AvgIpc) is 3.97. The summed E-state index contributed by atoms with van der Waals surface area (Å²) in [6, 6.07) is 50.5. The summed E-state index contributed by atoms with van der Waals surface area (Å²) in [6.07, 6.45) is 1.68. The summed E-state index contributed by atoms with van der Waals surface area (Å²) in [4.78, 5) is 25.0. The van der Waals surface area contributed by atoms with Gasteiger partial charge in [-0.05, 0) is 89.0 Å². The fraction of sp³-hybridized carbons (Fsp3) is 0.160. The number of anilines is 3. The second-order valence-corrected chi connectivity index (χ2v) is 16.3. The summed E-state index contributed by atoms with van der Waals surface area (Å²) in [7, 11) is 0. The zero-order chi connectivity index (χ0) is 42.6. The van der Waals surface area contributed by atoms with E-state index in [1.165, 1.54) is 5.56 Å². The zero-order valence-electron chi connectivity index (χ0n) is 34.0. The molecule has 2 N–H and O–H groups in total. The molecule has 63 heavy (non-hydrogen) atoms. The monoisotopic (exact) mass is 916 g/mol. The van der Waals surface area contributed by atoms with Crippen molar-refractivity contribution < 1.29 is 31.5 Å². The summed E-state index contributed by atoms with van der Waals surface area (Å²) in [5.74, 6) is 1.18. The van der Waals surface area contributed by atoms with Crippen molar-refractivity contribution in [3.8, 4) is 34.0 Å². The number of halogens is 2. The maximum atomic E-state index is 11.8. The standard InChI is InChI=1S/C25H20ClN3O3.C25H22ClN3O.Fe/c26-20-8-9-22-19(14-20)7-11-25(27-22)32-21-12-13-28(16-21)23-10-6-18(15-24(23)29(30)31)17-4-2-1-3-5-17;26-20-8-9-23-19(14-20)7-11-25(28-23)30-21-12-13-29(16-21)24-10-6-18(15-22(24)27)17-4-2-1-3-5-17;/h1-11,14-15,21H,12-13,16H2;1-11,14-15,21H,12-13,16,27H2;/t2*21-;/m00./s1. The molecule has 0 aliphatic carbocycles. The van der Waals surface area contributed by atoms with E-state index >= 15 is 0 Å². The normalized spacial score (nSPS) is 15.7. The van der Waals surface area contributed by atoms with Gasteiger partial charge in [-0.15, -0.1) is 0 Å². The third-order valence-electron chi connectivity index (χ3n) is 11.2. The van der Waals surface area contributed by atoms with Crippen LogP contribution in [0.2, 0.25) is 10.0 Å². The van der Waals surface area contributed by atoms with Crippen LogP contribution in [0.3, 0.4) is 0 Å². The topological polar surface area (TPSA) is 120 Å². The van der Waals surface area contributed by atoms with Crippen LogP contribution in [0.4, 0.5) is 22.7 Å². The molecular weight excluding hydrogens is 875 g/mol. The van der Waals surface area contributed by atoms with Gasteiger partial charge in [0.1, 0.15) is 17.9 Å². The molecule has 8 aromatic rings. The second-order valence-electron chi connectivity index (χ2n) is 15.4. The molecule has 13 heteroatoms. The van der Waals surface area contributed by atoms with E-state index in [2.05, 4.69) is 45.2 Å². The van der Waals surface area contributed by atoms with Crippen LogP contribution in [0.1, 0.15) is 12.8 Å². The van der Waals surface area contributed by atoms with Gasteiger partial charge in [-0.25, -0.2) is 9.97 Å². The Morgan fingerprint density at radius 3 is 1.54 bits per heavy atom.